The fraction of sp³-hybridized carbons (Fsp3) is 0.296. The molecule has 5 nitrogen and oxygen atoms in total. The van der Waals surface area contributed by atoms with Crippen LogP contribution in [0.4, 0.5) is 0 Å². The third-order valence-electron chi connectivity index (χ3n) is 6.03. The lowest BCUT2D eigenvalue weighted by Gasteiger charge is -2.35. The van der Waals surface area contributed by atoms with Crippen molar-refractivity contribution in [3.8, 4) is 11.1 Å². The zero-order valence-electron chi connectivity index (χ0n) is 19.4. The highest BCUT2D eigenvalue weighted by Crippen LogP contribution is 2.26. The third kappa shape index (κ3) is 8.50. The summed E-state index contributed by atoms with van der Waals surface area (Å²) in [5.74, 6) is -0.943. The van der Waals surface area contributed by atoms with E-state index in [4.69, 9.17) is 21.4 Å². The van der Waals surface area contributed by atoms with E-state index in [0.29, 0.717) is 6.61 Å². The Bertz CT molecular complexity index is 1070. The molecular weight excluding hydrogens is 507 g/mol. The predicted molar refractivity (Wildman–Crippen MR) is 146 cm³/mol. The second kappa shape index (κ2) is 14.4. The smallest absolute Gasteiger partial charge is 0.329 e. The molecule has 188 valence electrons. The van der Waals surface area contributed by atoms with Crippen LogP contribution in [0.3, 0.4) is 0 Å². The highest BCUT2D eigenvalue weighted by Gasteiger charge is 2.19. The monoisotopic (exact) mass is 536 g/mol. The van der Waals surface area contributed by atoms with Crippen molar-refractivity contribution in [2.45, 2.75) is 19.7 Å². The van der Waals surface area contributed by atoms with E-state index < -0.39 is 5.97 Å². The standard InChI is InChI=1S/C27H29ClN2O3.2ClH/c28-25-11-9-21(10-12-25)26-8-4-3-6-23(26)18-30-15-13-29(14-16-30)17-22-5-1-2-7-24(22)19-33-20-27(31)32;;/h1-12H,13-20H2,(H,31,32);2*1H. The van der Waals surface area contributed by atoms with Crippen LogP contribution in [0.15, 0.2) is 72.8 Å². The van der Waals surface area contributed by atoms with Crippen LogP contribution in [0.1, 0.15) is 16.7 Å². The molecule has 4 rings (SSSR count). The molecule has 0 atom stereocenters. The maximum atomic E-state index is 10.7. The van der Waals surface area contributed by atoms with Gasteiger partial charge in [-0.05, 0) is 39.9 Å². The Morgan fingerprint density at radius 1 is 0.771 bits per heavy atom. The fourth-order valence-electron chi connectivity index (χ4n) is 4.26. The van der Waals surface area contributed by atoms with E-state index >= 15 is 0 Å². The van der Waals surface area contributed by atoms with Gasteiger partial charge in [-0.3, -0.25) is 9.80 Å². The van der Waals surface area contributed by atoms with Crippen molar-refractivity contribution >= 4 is 42.4 Å². The lowest BCUT2D eigenvalue weighted by Crippen LogP contribution is -2.45. The molecule has 0 radical (unpaired) electrons. The Kier molecular flexibility index (Phi) is 12.0. The molecule has 8 heteroatoms. The van der Waals surface area contributed by atoms with Crippen molar-refractivity contribution in [3.63, 3.8) is 0 Å². The minimum atomic E-state index is -0.943. The zero-order valence-corrected chi connectivity index (χ0v) is 21.8. The molecule has 0 unspecified atom stereocenters. The van der Waals surface area contributed by atoms with Crippen molar-refractivity contribution in [2.24, 2.45) is 0 Å². The van der Waals surface area contributed by atoms with Crippen LogP contribution in [0.25, 0.3) is 11.1 Å². The van der Waals surface area contributed by atoms with Crippen molar-refractivity contribution in [1.29, 1.82) is 0 Å². The summed E-state index contributed by atoms with van der Waals surface area (Å²) in [6.07, 6.45) is 0. The van der Waals surface area contributed by atoms with Crippen LogP contribution < -0.4 is 0 Å². The molecule has 1 aliphatic rings. The van der Waals surface area contributed by atoms with Gasteiger partial charge in [-0.15, -0.1) is 24.8 Å². The number of piperazine rings is 1. The maximum Gasteiger partial charge on any atom is 0.329 e. The third-order valence-corrected chi connectivity index (χ3v) is 6.28. The number of benzene rings is 3. The van der Waals surface area contributed by atoms with Crippen LogP contribution in [-0.4, -0.2) is 53.7 Å². The minimum absolute atomic E-state index is 0. The number of nitrogens with zero attached hydrogens (tertiary/aromatic N) is 2. The van der Waals surface area contributed by atoms with Gasteiger partial charge in [0.2, 0.25) is 0 Å². The lowest BCUT2D eigenvalue weighted by molar-refractivity contribution is -0.142. The Morgan fingerprint density at radius 2 is 1.29 bits per heavy atom. The van der Waals surface area contributed by atoms with Crippen LogP contribution >= 0.6 is 36.4 Å². The Morgan fingerprint density at radius 3 is 1.89 bits per heavy atom. The summed E-state index contributed by atoms with van der Waals surface area (Å²) in [4.78, 5) is 15.7. The summed E-state index contributed by atoms with van der Waals surface area (Å²) in [7, 11) is 0. The van der Waals surface area contributed by atoms with Gasteiger partial charge < -0.3 is 9.84 Å². The summed E-state index contributed by atoms with van der Waals surface area (Å²) in [6.45, 7) is 5.82. The van der Waals surface area contributed by atoms with Gasteiger partial charge >= 0.3 is 5.97 Å². The maximum absolute atomic E-state index is 10.7. The molecule has 0 saturated carbocycles. The molecule has 1 aliphatic heterocycles. The highest BCUT2D eigenvalue weighted by molar-refractivity contribution is 6.30. The van der Waals surface area contributed by atoms with Gasteiger partial charge in [0, 0.05) is 44.3 Å². The number of hydrogen-bond donors (Lipinski definition) is 1. The number of carboxylic acids is 1. The normalized spacial score (nSPS) is 14.1. The number of carbonyl (C=O) groups is 1. The predicted octanol–water partition coefficient (Wildman–Crippen LogP) is 5.77. The Balaban J connectivity index is 0.00000216. The minimum Gasteiger partial charge on any atom is -0.480 e. The van der Waals surface area contributed by atoms with Crippen molar-refractivity contribution in [3.05, 3.63) is 94.5 Å². The van der Waals surface area contributed by atoms with Gasteiger partial charge in [-0.2, -0.15) is 0 Å². The molecule has 0 spiro atoms. The number of halogens is 3. The van der Waals surface area contributed by atoms with Crippen LogP contribution in [0, 0.1) is 0 Å². The zero-order chi connectivity index (χ0) is 23.0. The molecular formula is C27H31Cl3N2O3. The van der Waals surface area contributed by atoms with Crippen molar-refractivity contribution in [1.82, 2.24) is 9.80 Å². The van der Waals surface area contributed by atoms with Gasteiger partial charge in [0.1, 0.15) is 6.61 Å². The van der Waals surface area contributed by atoms with E-state index in [9.17, 15) is 4.79 Å². The number of hydrogen-bond acceptors (Lipinski definition) is 4. The molecule has 3 aromatic carbocycles. The largest absolute Gasteiger partial charge is 0.480 e. The quantitative estimate of drug-likeness (QED) is 0.376. The Labute approximate surface area is 224 Å². The van der Waals surface area contributed by atoms with Gasteiger partial charge in [0.15, 0.2) is 0 Å². The Hall–Kier alpha value is -2.12. The first kappa shape index (κ1) is 29.1. The first-order chi connectivity index (χ1) is 16.1. The first-order valence-corrected chi connectivity index (χ1v) is 11.6. The van der Waals surface area contributed by atoms with Gasteiger partial charge in [0.05, 0.1) is 6.61 Å². The van der Waals surface area contributed by atoms with E-state index in [1.54, 1.807) is 0 Å². The second-order valence-electron chi connectivity index (χ2n) is 8.37. The summed E-state index contributed by atoms with van der Waals surface area (Å²) in [5, 5.41) is 9.55. The van der Waals surface area contributed by atoms with E-state index in [-0.39, 0.29) is 31.4 Å². The van der Waals surface area contributed by atoms with Gasteiger partial charge in [-0.1, -0.05) is 72.3 Å². The number of carboxylic acid groups (broad SMARTS) is 1. The molecule has 3 aromatic rings. The molecule has 0 bridgehead atoms. The second-order valence-corrected chi connectivity index (χ2v) is 8.81. The molecule has 1 heterocycles. The molecule has 0 aliphatic carbocycles. The van der Waals surface area contributed by atoms with Gasteiger partial charge in [-0.25, -0.2) is 4.79 Å². The van der Waals surface area contributed by atoms with Crippen molar-refractivity contribution in [2.75, 3.05) is 32.8 Å². The van der Waals surface area contributed by atoms with Crippen LogP contribution in [0.5, 0.6) is 0 Å². The molecule has 1 N–H and O–H groups in total. The fourth-order valence-corrected chi connectivity index (χ4v) is 4.38. The van der Waals surface area contributed by atoms with Crippen LogP contribution in [-0.2, 0) is 29.2 Å². The van der Waals surface area contributed by atoms with Gasteiger partial charge in [0.25, 0.3) is 0 Å². The highest BCUT2D eigenvalue weighted by atomic mass is 35.5. The van der Waals surface area contributed by atoms with Crippen LogP contribution in [0.2, 0.25) is 5.02 Å². The summed E-state index contributed by atoms with van der Waals surface area (Å²) in [5.41, 5.74) is 6.03. The number of ether oxygens (including phenoxy) is 1. The molecule has 0 aromatic heterocycles. The molecule has 0 amide bonds. The van der Waals surface area contributed by atoms with E-state index in [0.717, 1.165) is 49.9 Å². The SMILES string of the molecule is Cl.Cl.O=C(O)COCc1ccccc1CN1CCN(Cc2ccccc2-c2ccc(Cl)cc2)CC1. The topological polar surface area (TPSA) is 53.0 Å². The average molecular weight is 538 g/mol. The van der Waals surface area contributed by atoms with E-state index in [1.807, 2.05) is 30.3 Å². The molecule has 1 saturated heterocycles. The van der Waals surface area contributed by atoms with E-state index in [2.05, 4.69) is 52.3 Å². The lowest BCUT2D eigenvalue weighted by atomic mass is 9.99. The number of rotatable bonds is 9. The van der Waals surface area contributed by atoms with E-state index in [1.165, 1.54) is 22.3 Å². The summed E-state index contributed by atoms with van der Waals surface area (Å²) >= 11 is 6.07. The first-order valence-electron chi connectivity index (χ1n) is 11.2. The number of aliphatic carboxylic acids is 1. The van der Waals surface area contributed by atoms with Crippen molar-refractivity contribution < 1.29 is 14.6 Å². The average Bonchev–Trinajstić information content (AvgIpc) is 2.82. The molecule has 35 heavy (non-hydrogen) atoms. The summed E-state index contributed by atoms with van der Waals surface area (Å²) in [6, 6.07) is 24.7. The summed E-state index contributed by atoms with van der Waals surface area (Å²) < 4.78 is 5.31. The molecule has 1 fully saturated rings.